The first-order chi connectivity index (χ1) is 16.5. The van der Waals surface area contributed by atoms with Crippen molar-refractivity contribution in [1.29, 1.82) is 0 Å². The van der Waals surface area contributed by atoms with Crippen LogP contribution in [0.4, 0.5) is 10.5 Å². The SMILES string of the molecule is Cc1ccc(-n2c(CN3CCN(C(=O)Nc4ccc(C)c(Cl)c4)CC3)nc3cccnc32)cc1. The fraction of sp³-hybridized carbons (Fsp3) is 0.269. The molecule has 5 rings (SSSR count). The van der Waals surface area contributed by atoms with Crippen LogP contribution in [0.5, 0.6) is 0 Å². The molecule has 0 aliphatic carbocycles. The molecule has 2 amide bonds. The number of aromatic nitrogens is 3. The Kier molecular flexibility index (Phi) is 6.22. The fourth-order valence-electron chi connectivity index (χ4n) is 4.21. The number of amides is 2. The number of anilines is 1. The maximum Gasteiger partial charge on any atom is 0.321 e. The van der Waals surface area contributed by atoms with E-state index in [1.54, 1.807) is 12.3 Å². The van der Waals surface area contributed by atoms with Crippen molar-refractivity contribution in [3.05, 3.63) is 82.8 Å². The van der Waals surface area contributed by atoms with Crippen LogP contribution < -0.4 is 5.32 Å². The van der Waals surface area contributed by atoms with Crippen molar-refractivity contribution >= 4 is 34.5 Å². The third kappa shape index (κ3) is 4.62. The Morgan fingerprint density at radius 3 is 2.53 bits per heavy atom. The minimum atomic E-state index is -0.101. The quantitative estimate of drug-likeness (QED) is 0.450. The molecule has 1 aliphatic rings. The number of hydrogen-bond donors (Lipinski definition) is 1. The molecule has 174 valence electrons. The Hall–Kier alpha value is -3.42. The number of halogens is 1. The molecule has 1 aliphatic heterocycles. The van der Waals surface area contributed by atoms with Gasteiger partial charge in [0.1, 0.15) is 11.3 Å². The second kappa shape index (κ2) is 9.44. The average Bonchev–Trinajstić information content (AvgIpc) is 3.20. The molecule has 0 spiro atoms. The van der Waals surface area contributed by atoms with E-state index in [1.807, 2.05) is 36.1 Å². The molecular weight excluding hydrogens is 448 g/mol. The maximum atomic E-state index is 12.7. The summed E-state index contributed by atoms with van der Waals surface area (Å²) in [6.45, 7) is 7.55. The number of benzene rings is 2. The summed E-state index contributed by atoms with van der Waals surface area (Å²) < 4.78 is 2.13. The van der Waals surface area contributed by atoms with Gasteiger partial charge in [-0.15, -0.1) is 0 Å². The van der Waals surface area contributed by atoms with Crippen molar-refractivity contribution < 1.29 is 4.79 Å². The number of pyridine rings is 1. The molecular formula is C26H27ClN6O. The van der Waals surface area contributed by atoms with Gasteiger partial charge in [0.15, 0.2) is 5.65 Å². The predicted octanol–water partition coefficient (Wildman–Crippen LogP) is 5.04. The molecule has 0 atom stereocenters. The maximum absolute atomic E-state index is 12.7. The molecule has 2 aromatic heterocycles. The van der Waals surface area contributed by atoms with Crippen LogP contribution in [0.3, 0.4) is 0 Å². The van der Waals surface area contributed by atoms with Crippen LogP contribution in [0.25, 0.3) is 16.9 Å². The molecule has 4 aromatic rings. The predicted molar refractivity (Wildman–Crippen MR) is 136 cm³/mol. The first-order valence-corrected chi connectivity index (χ1v) is 11.8. The van der Waals surface area contributed by atoms with Crippen LogP contribution >= 0.6 is 11.6 Å². The fourth-order valence-corrected chi connectivity index (χ4v) is 4.39. The highest BCUT2D eigenvalue weighted by Crippen LogP contribution is 2.23. The summed E-state index contributed by atoms with van der Waals surface area (Å²) in [6, 6.07) is 17.8. The van der Waals surface area contributed by atoms with Gasteiger partial charge in [0.25, 0.3) is 0 Å². The van der Waals surface area contributed by atoms with Crippen molar-refractivity contribution in [2.45, 2.75) is 20.4 Å². The molecule has 2 aromatic carbocycles. The van der Waals surface area contributed by atoms with Gasteiger partial charge in [0, 0.05) is 48.8 Å². The Morgan fingerprint density at radius 2 is 1.79 bits per heavy atom. The van der Waals surface area contributed by atoms with Gasteiger partial charge < -0.3 is 10.2 Å². The van der Waals surface area contributed by atoms with Crippen LogP contribution in [0.1, 0.15) is 17.0 Å². The molecule has 34 heavy (non-hydrogen) atoms. The number of carbonyl (C=O) groups excluding carboxylic acids is 1. The molecule has 7 nitrogen and oxygen atoms in total. The number of aryl methyl sites for hydroxylation is 2. The minimum absolute atomic E-state index is 0.101. The molecule has 0 radical (unpaired) electrons. The lowest BCUT2D eigenvalue weighted by atomic mass is 10.2. The first-order valence-electron chi connectivity index (χ1n) is 11.4. The Balaban J connectivity index is 1.28. The lowest BCUT2D eigenvalue weighted by Crippen LogP contribution is -2.49. The molecule has 0 unspecified atom stereocenters. The number of fused-ring (bicyclic) bond motifs is 1. The number of rotatable bonds is 4. The van der Waals surface area contributed by atoms with E-state index < -0.39 is 0 Å². The molecule has 1 fully saturated rings. The first kappa shape index (κ1) is 22.4. The van der Waals surface area contributed by atoms with Gasteiger partial charge in [-0.05, 0) is 55.8 Å². The van der Waals surface area contributed by atoms with Crippen molar-refractivity contribution in [2.75, 3.05) is 31.5 Å². The topological polar surface area (TPSA) is 66.3 Å². The van der Waals surface area contributed by atoms with E-state index in [9.17, 15) is 4.79 Å². The average molecular weight is 475 g/mol. The number of urea groups is 1. The molecule has 1 N–H and O–H groups in total. The van der Waals surface area contributed by atoms with E-state index in [-0.39, 0.29) is 6.03 Å². The molecule has 0 saturated carbocycles. The smallest absolute Gasteiger partial charge is 0.321 e. The van der Waals surface area contributed by atoms with Crippen molar-refractivity contribution in [2.24, 2.45) is 0 Å². The van der Waals surface area contributed by atoms with Crippen molar-refractivity contribution in [3.63, 3.8) is 0 Å². The van der Waals surface area contributed by atoms with Gasteiger partial charge in [-0.1, -0.05) is 35.4 Å². The third-order valence-corrected chi connectivity index (χ3v) is 6.63. The van der Waals surface area contributed by atoms with Crippen LogP contribution in [-0.2, 0) is 6.54 Å². The van der Waals surface area contributed by atoms with E-state index >= 15 is 0 Å². The number of nitrogens with one attached hydrogen (secondary N) is 1. The van der Waals surface area contributed by atoms with Crippen LogP contribution in [0.15, 0.2) is 60.8 Å². The minimum Gasteiger partial charge on any atom is -0.322 e. The lowest BCUT2D eigenvalue weighted by Gasteiger charge is -2.34. The van der Waals surface area contributed by atoms with Crippen molar-refractivity contribution in [3.8, 4) is 5.69 Å². The highest BCUT2D eigenvalue weighted by molar-refractivity contribution is 6.31. The second-order valence-corrected chi connectivity index (χ2v) is 9.11. The summed E-state index contributed by atoms with van der Waals surface area (Å²) in [4.78, 5) is 26.4. The number of carbonyl (C=O) groups is 1. The largest absolute Gasteiger partial charge is 0.322 e. The van der Waals surface area contributed by atoms with Crippen LogP contribution in [0.2, 0.25) is 5.02 Å². The molecule has 0 bridgehead atoms. The summed E-state index contributed by atoms with van der Waals surface area (Å²) in [7, 11) is 0. The summed E-state index contributed by atoms with van der Waals surface area (Å²) in [5.74, 6) is 0.949. The highest BCUT2D eigenvalue weighted by atomic mass is 35.5. The summed E-state index contributed by atoms with van der Waals surface area (Å²) in [6.07, 6.45) is 1.80. The Labute approximate surface area is 204 Å². The van der Waals surface area contributed by atoms with Crippen LogP contribution in [-0.4, -0.2) is 56.5 Å². The van der Waals surface area contributed by atoms with Gasteiger partial charge in [-0.25, -0.2) is 14.8 Å². The monoisotopic (exact) mass is 474 g/mol. The van der Waals surface area contributed by atoms with E-state index in [0.717, 1.165) is 41.3 Å². The summed E-state index contributed by atoms with van der Waals surface area (Å²) >= 11 is 6.19. The standard InChI is InChI=1S/C26H27ClN6O/c1-18-5-9-21(10-6-18)33-24(30-23-4-3-11-28-25(23)33)17-31-12-14-32(15-13-31)26(34)29-20-8-7-19(2)22(27)16-20/h3-11,16H,12-15,17H2,1-2H3,(H,29,34). The van der Waals surface area contributed by atoms with Gasteiger partial charge in [-0.2, -0.15) is 0 Å². The van der Waals surface area contributed by atoms with Gasteiger partial charge in [-0.3, -0.25) is 9.47 Å². The number of imidazole rings is 1. The van der Waals surface area contributed by atoms with Crippen LogP contribution in [0, 0.1) is 13.8 Å². The molecule has 3 heterocycles. The Bertz CT molecular complexity index is 1330. The normalized spacial score (nSPS) is 14.5. The summed E-state index contributed by atoms with van der Waals surface area (Å²) in [5.41, 5.74) is 5.70. The number of hydrogen-bond acceptors (Lipinski definition) is 4. The van der Waals surface area contributed by atoms with Gasteiger partial charge >= 0.3 is 6.03 Å². The van der Waals surface area contributed by atoms with E-state index in [2.05, 4.69) is 51.0 Å². The lowest BCUT2D eigenvalue weighted by molar-refractivity contribution is 0.140. The van der Waals surface area contributed by atoms with E-state index in [1.165, 1.54) is 5.56 Å². The summed E-state index contributed by atoms with van der Waals surface area (Å²) in [5, 5.41) is 3.60. The third-order valence-electron chi connectivity index (χ3n) is 6.23. The highest BCUT2D eigenvalue weighted by Gasteiger charge is 2.23. The van der Waals surface area contributed by atoms with Gasteiger partial charge in [0.05, 0.1) is 6.54 Å². The number of nitrogens with zero attached hydrogens (tertiary/aromatic N) is 5. The Morgan fingerprint density at radius 1 is 1.03 bits per heavy atom. The van der Waals surface area contributed by atoms with Gasteiger partial charge in [0.2, 0.25) is 0 Å². The number of piperazine rings is 1. The van der Waals surface area contributed by atoms with E-state index in [0.29, 0.717) is 30.3 Å². The molecule has 1 saturated heterocycles. The van der Waals surface area contributed by atoms with Crippen molar-refractivity contribution in [1.82, 2.24) is 24.3 Å². The zero-order chi connectivity index (χ0) is 23.7. The second-order valence-electron chi connectivity index (χ2n) is 8.70. The molecule has 8 heteroatoms. The zero-order valence-corrected chi connectivity index (χ0v) is 20.1. The zero-order valence-electron chi connectivity index (χ0n) is 19.3. The van der Waals surface area contributed by atoms with E-state index in [4.69, 9.17) is 16.6 Å².